The molecule has 0 N–H and O–H groups in total. The maximum atomic E-state index is 6.27. The van der Waals surface area contributed by atoms with Gasteiger partial charge in [0, 0.05) is 12.8 Å². The first kappa shape index (κ1) is 13.4. The fourth-order valence-corrected chi connectivity index (χ4v) is 4.01. The van der Waals surface area contributed by atoms with Gasteiger partial charge in [-0.2, -0.15) is 0 Å². The van der Waals surface area contributed by atoms with Gasteiger partial charge in [0.15, 0.2) is 0 Å². The third-order valence-electron chi connectivity index (χ3n) is 4.57. The van der Waals surface area contributed by atoms with E-state index in [4.69, 9.17) is 42.1 Å². The monoisotopic (exact) mass is 296 g/mol. The summed E-state index contributed by atoms with van der Waals surface area (Å²) >= 11 is 12.2. The van der Waals surface area contributed by atoms with Gasteiger partial charge in [0.1, 0.15) is 11.2 Å². The summed E-state index contributed by atoms with van der Waals surface area (Å²) in [6.07, 6.45) is 1.44. The van der Waals surface area contributed by atoms with Gasteiger partial charge in [-0.05, 0) is 13.8 Å². The number of alkyl halides is 2. The van der Waals surface area contributed by atoms with Crippen molar-refractivity contribution >= 4 is 23.2 Å². The molecule has 0 bridgehead atoms. The summed E-state index contributed by atoms with van der Waals surface area (Å²) in [6, 6.07) is 0. The van der Waals surface area contributed by atoms with E-state index < -0.39 is 22.8 Å². The van der Waals surface area contributed by atoms with Gasteiger partial charge in [-0.1, -0.05) is 0 Å². The molecule has 104 valence electrons. The van der Waals surface area contributed by atoms with Crippen LogP contribution in [-0.4, -0.2) is 47.8 Å². The highest BCUT2D eigenvalue weighted by molar-refractivity contribution is 6.19. The summed E-state index contributed by atoms with van der Waals surface area (Å²) in [5.41, 5.74) is -1.24. The minimum atomic E-state index is -0.896. The lowest BCUT2D eigenvalue weighted by molar-refractivity contribution is -0.444. The van der Waals surface area contributed by atoms with Gasteiger partial charge < -0.3 is 18.9 Å². The molecule has 6 heteroatoms. The van der Waals surface area contributed by atoms with Crippen LogP contribution in [0.3, 0.4) is 0 Å². The van der Waals surface area contributed by atoms with Gasteiger partial charge in [-0.25, -0.2) is 0 Å². The summed E-state index contributed by atoms with van der Waals surface area (Å²) in [6.45, 7) is 5.05. The van der Waals surface area contributed by atoms with Crippen molar-refractivity contribution in [2.24, 2.45) is 0 Å². The van der Waals surface area contributed by atoms with Crippen LogP contribution in [0.1, 0.15) is 26.7 Å². The van der Waals surface area contributed by atoms with Crippen molar-refractivity contribution in [3.63, 3.8) is 0 Å². The molecular weight excluding hydrogens is 279 g/mol. The highest BCUT2D eigenvalue weighted by Crippen LogP contribution is 2.56. The van der Waals surface area contributed by atoms with E-state index in [1.165, 1.54) is 0 Å². The van der Waals surface area contributed by atoms with Gasteiger partial charge in [0.05, 0.1) is 25.0 Å². The molecule has 0 amide bonds. The van der Waals surface area contributed by atoms with Crippen LogP contribution in [0.2, 0.25) is 0 Å². The Balaban J connectivity index is 2.04. The van der Waals surface area contributed by atoms with Crippen molar-refractivity contribution in [1.29, 1.82) is 0 Å². The van der Waals surface area contributed by atoms with E-state index in [0.717, 1.165) is 12.8 Å². The third kappa shape index (κ3) is 1.42. The molecule has 3 aliphatic heterocycles. The first-order chi connectivity index (χ1) is 8.45. The van der Waals surface area contributed by atoms with Crippen molar-refractivity contribution in [3.05, 3.63) is 0 Å². The number of halogens is 2. The highest BCUT2D eigenvalue weighted by Gasteiger charge is 2.72. The second kappa shape index (κ2) is 3.96. The zero-order valence-corrected chi connectivity index (χ0v) is 12.1. The van der Waals surface area contributed by atoms with E-state index in [0.29, 0.717) is 13.2 Å². The molecule has 0 aliphatic carbocycles. The van der Waals surface area contributed by atoms with Crippen LogP contribution >= 0.6 is 23.2 Å². The van der Waals surface area contributed by atoms with Gasteiger partial charge in [-0.3, -0.25) is 0 Å². The molecule has 3 aliphatic rings. The average Bonchev–Trinajstić information content (AvgIpc) is 2.81. The summed E-state index contributed by atoms with van der Waals surface area (Å²) in [4.78, 5) is 0. The van der Waals surface area contributed by atoms with Crippen LogP contribution in [0.4, 0.5) is 0 Å². The van der Waals surface area contributed by atoms with Gasteiger partial charge in [0.25, 0.3) is 0 Å². The van der Waals surface area contributed by atoms with Gasteiger partial charge in [-0.15, -0.1) is 23.2 Å². The first-order valence-electron chi connectivity index (χ1n) is 6.25. The predicted molar refractivity (Wildman–Crippen MR) is 67.0 cm³/mol. The lowest BCUT2D eigenvalue weighted by atomic mass is 9.86. The molecule has 0 aromatic rings. The molecule has 0 aromatic carbocycles. The number of ether oxygens (including phenoxy) is 4. The SMILES string of the molecule is C[C@@]12CCO[C@]1(CCl)O[C@@]1(C)CCO[C@@]1(CCl)O2. The first-order valence-corrected chi connectivity index (χ1v) is 7.32. The lowest BCUT2D eigenvalue weighted by Gasteiger charge is -2.57. The van der Waals surface area contributed by atoms with Gasteiger partial charge in [0.2, 0.25) is 11.6 Å². The molecule has 3 saturated heterocycles. The quantitative estimate of drug-likeness (QED) is 0.733. The number of rotatable bonds is 2. The average molecular weight is 297 g/mol. The Bertz CT molecular complexity index is 334. The fraction of sp³-hybridized carbons (Fsp3) is 1.00. The van der Waals surface area contributed by atoms with Crippen molar-refractivity contribution < 1.29 is 18.9 Å². The second-order valence-corrected chi connectivity index (χ2v) is 6.17. The van der Waals surface area contributed by atoms with Crippen LogP contribution in [0.25, 0.3) is 0 Å². The second-order valence-electron chi connectivity index (χ2n) is 5.64. The molecule has 0 unspecified atom stereocenters. The van der Waals surface area contributed by atoms with E-state index in [1.807, 2.05) is 13.8 Å². The lowest BCUT2D eigenvalue weighted by Crippen LogP contribution is -2.72. The van der Waals surface area contributed by atoms with E-state index in [-0.39, 0.29) is 11.8 Å². The minimum Gasteiger partial charge on any atom is -0.346 e. The standard InChI is InChI=1S/C12H18Cl2O4/c1-9-3-5-15-11(9,7-13)18-10(2)4-6-16-12(10,8-14)17-9/h3-8H2,1-2H3/t9-,10+,11-,12+. The van der Waals surface area contributed by atoms with E-state index in [9.17, 15) is 0 Å². The van der Waals surface area contributed by atoms with Crippen molar-refractivity contribution in [2.45, 2.75) is 49.5 Å². The smallest absolute Gasteiger partial charge is 0.212 e. The summed E-state index contributed by atoms with van der Waals surface area (Å²) in [7, 11) is 0. The molecule has 3 rings (SSSR count). The zero-order chi connectivity index (χ0) is 13.1. The molecule has 4 nitrogen and oxygen atoms in total. The van der Waals surface area contributed by atoms with Crippen LogP contribution in [-0.2, 0) is 18.9 Å². The van der Waals surface area contributed by atoms with Crippen molar-refractivity contribution in [3.8, 4) is 0 Å². The van der Waals surface area contributed by atoms with E-state index >= 15 is 0 Å². The maximum Gasteiger partial charge on any atom is 0.212 e. The maximum absolute atomic E-state index is 6.27. The minimum absolute atomic E-state index is 0.234. The van der Waals surface area contributed by atoms with Gasteiger partial charge >= 0.3 is 0 Å². The topological polar surface area (TPSA) is 36.9 Å². The van der Waals surface area contributed by atoms with Crippen molar-refractivity contribution in [2.75, 3.05) is 25.0 Å². The molecule has 4 atom stereocenters. The number of fused-ring (bicyclic) bond motifs is 2. The normalized spacial score (nSPS) is 55.3. The summed E-state index contributed by atoms with van der Waals surface area (Å²) in [5, 5.41) is 0. The fourth-order valence-electron chi connectivity index (χ4n) is 3.18. The third-order valence-corrected chi connectivity index (χ3v) is 5.28. The molecule has 0 aromatic heterocycles. The van der Waals surface area contributed by atoms with Crippen molar-refractivity contribution in [1.82, 2.24) is 0 Å². The molecule has 0 saturated carbocycles. The largest absolute Gasteiger partial charge is 0.346 e. The van der Waals surface area contributed by atoms with E-state index in [2.05, 4.69) is 0 Å². The Morgan fingerprint density at radius 3 is 1.56 bits per heavy atom. The zero-order valence-electron chi connectivity index (χ0n) is 10.6. The van der Waals surface area contributed by atoms with Crippen LogP contribution in [0.15, 0.2) is 0 Å². The highest BCUT2D eigenvalue weighted by atomic mass is 35.5. The number of hydrogen-bond donors (Lipinski definition) is 0. The number of hydrogen-bond acceptors (Lipinski definition) is 4. The van der Waals surface area contributed by atoms with Crippen LogP contribution in [0, 0.1) is 0 Å². The summed E-state index contributed by atoms with van der Waals surface area (Å²) in [5.74, 6) is -1.33. The van der Waals surface area contributed by atoms with E-state index in [1.54, 1.807) is 0 Å². The Morgan fingerprint density at radius 1 is 0.833 bits per heavy atom. The molecule has 0 spiro atoms. The Labute approximate surface area is 117 Å². The Kier molecular flexibility index (Phi) is 2.95. The molecule has 18 heavy (non-hydrogen) atoms. The van der Waals surface area contributed by atoms with Crippen LogP contribution in [0.5, 0.6) is 0 Å². The molecule has 0 radical (unpaired) electrons. The molecular formula is C12H18Cl2O4. The Hall–Kier alpha value is 0.420. The molecule has 3 fully saturated rings. The predicted octanol–water partition coefficient (Wildman–Crippen LogP) is 2.26. The Morgan fingerprint density at radius 2 is 1.22 bits per heavy atom. The molecule has 3 heterocycles. The van der Waals surface area contributed by atoms with Crippen LogP contribution < -0.4 is 0 Å². The summed E-state index contributed by atoms with van der Waals surface area (Å²) < 4.78 is 24.1.